The second-order valence-corrected chi connectivity index (χ2v) is 7.97. The summed E-state index contributed by atoms with van der Waals surface area (Å²) in [6.45, 7) is 2.20. The molecule has 1 aromatic carbocycles. The maximum atomic E-state index is 12.4. The Morgan fingerprint density at radius 2 is 2.19 bits per heavy atom. The summed E-state index contributed by atoms with van der Waals surface area (Å²) in [6, 6.07) is 3.21. The number of fused-ring (bicyclic) bond motifs is 1. The fourth-order valence-corrected chi connectivity index (χ4v) is 4.83. The van der Waals surface area contributed by atoms with Gasteiger partial charge in [-0.1, -0.05) is 0 Å². The molecule has 2 aliphatic rings. The number of nitrogens with one attached hydrogen (secondary N) is 3. The van der Waals surface area contributed by atoms with E-state index in [4.69, 9.17) is 0 Å². The summed E-state index contributed by atoms with van der Waals surface area (Å²) in [6.07, 6.45) is 1.20. The average Bonchev–Trinajstić information content (AvgIpc) is 3.03. The zero-order valence-corrected chi connectivity index (χ0v) is 13.7. The Balaban J connectivity index is 1.81. The van der Waals surface area contributed by atoms with Crippen LogP contribution in [0.4, 0.5) is 5.69 Å². The Bertz CT molecular complexity index is 684. The van der Waals surface area contributed by atoms with Crippen LogP contribution in [0.15, 0.2) is 21.5 Å². The highest BCUT2D eigenvalue weighted by Crippen LogP contribution is 2.32. The van der Waals surface area contributed by atoms with Crippen molar-refractivity contribution < 1.29 is 13.2 Å². The van der Waals surface area contributed by atoms with E-state index < -0.39 is 10.0 Å². The lowest BCUT2D eigenvalue weighted by Gasteiger charge is -2.13. The van der Waals surface area contributed by atoms with Crippen LogP contribution in [0.5, 0.6) is 0 Å². The monoisotopic (exact) mass is 373 g/mol. The molecule has 2 aliphatic heterocycles. The van der Waals surface area contributed by atoms with E-state index in [2.05, 4.69) is 31.3 Å². The van der Waals surface area contributed by atoms with Crippen molar-refractivity contribution in [2.24, 2.45) is 5.92 Å². The van der Waals surface area contributed by atoms with Gasteiger partial charge in [0.05, 0.1) is 11.3 Å². The van der Waals surface area contributed by atoms with Gasteiger partial charge in [0.25, 0.3) is 0 Å². The van der Waals surface area contributed by atoms with Gasteiger partial charge < -0.3 is 10.6 Å². The zero-order chi connectivity index (χ0) is 15.0. The van der Waals surface area contributed by atoms with Gasteiger partial charge in [-0.05, 0) is 59.1 Å². The molecule has 1 unspecified atom stereocenters. The van der Waals surface area contributed by atoms with Crippen LogP contribution in [0.25, 0.3) is 0 Å². The molecule has 8 heteroatoms. The van der Waals surface area contributed by atoms with Crippen LogP contribution in [-0.4, -0.2) is 34.0 Å². The Morgan fingerprint density at radius 1 is 1.38 bits per heavy atom. The van der Waals surface area contributed by atoms with Crippen LogP contribution >= 0.6 is 15.9 Å². The Labute approximate surface area is 131 Å². The number of benzene rings is 1. The van der Waals surface area contributed by atoms with Crippen LogP contribution in [0.2, 0.25) is 0 Å². The molecule has 3 N–H and O–H groups in total. The molecule has 1 aromatic rings. The molecule has 1 fully saturated rings. The van der Waals surface area contributed by atoms with Crippen LogP contribution < -0.4 is 15.4 Å². The molecule has 0 spiro atoms. The Morgan fingerprint density at radius 3 is 2.90 bits per heavy atom. The molecule has 21 heavy (non-hydrogen) atoms. The van der Waals surface area contributed by atoms with Gasteiger partial charge in [-0.3, -0.25) is 4.79 Å². The minimum Gasteiger partial charge on any atom is -0.325 e. The van der Waals surface area contributed by atoms with E-state index in [1.165, 1.54) is 0 Å². The number of hydrogen-bond donors (Lipinski definition) is 3. The number of rotatable bonds is 4. The van der Waals surface area contributed by atoms with E-state index >= 15 is 0 Å². The summed E-state index contributed by atoms with van der Waals surface area (Å²) in [5.74, 6) is 0.215. The van der Waals surface area contributed by atoms with Crippen molar-refractivity contribution in [3.8, 4) is 0 Å². The largest absolute Gasteiger partial charge is 0.325 e. The van der Waals surface area contributed by atoms with Crippen molar-refractivity contribution in [3.63, 3.8) is 0 Å². The van der Waals surface area contributed by atoms with Gasteiger partial charge >= 0.3 is 0 Å². The van der Waals surface area contributed by atoms with E-state index in [0.29, 0.717) is 28.2 Å². The van der Waals surface area contributed by atoms with Crippen molar-refractivity contribution >= 4 is 37.5 Å². The van der Waals surface area contributed by atoms with E-state index in [1.807, 2.05) is 0 Å². The Kier molecular flexibility index (Phi) is 4.04. The summed E-state index contributed by atoms with van der Waals surface area (Å²) in [4.78, 5) is 11.6. The maximum absolute atomic E-state index is 12.4. The lowest BCUT2D eigenvalue weighted by Crippen LogP contribution is -2.30. The topological polar surface area (TPSA) is 87.3 Å². The summed E-state index contributed by atoms with van der Waals surface area (Å²) in [5.41, 5.74) is 1.39. The fourth-order valence-electron chi connectivity index (χ4n) is 2.63. The number of anilines is 1. The minimum atomic E-state index is -3.58. The number of carbonyl (C=O) groups excluding carboxylic acids is 1. The maximum Gasteiger partial charge on any atom is 0.241 e. The molecule has 2 heterocycles. The van der Waals surface area contributed by atoms with Crippen molar-refractivity contribution in [1.82, 2.24) is 10.0 Å². The number of halogens is 1. The van der Waals surface area contributed by atoms with E-state index in [0.717, 1.165) is 19.5 Å². The van der Waals surface area contributed by atoms with E-state index in [1.54, 1.807) is 12.1 Å². The molecule has 6 nitrogen and oxygen atoms in total. The molecule has 0 bridgehead atoms. The Hall–Kier alpha value is -0.960. The number of sulfonamides is 1. The van der Waals surface area contributed by atoms with Crippen LogP contribution in [0.1, 0.15) is 12.0 Å². The second-order valence-electron chi connectivity index (χ2n) is 5.38. The smallest absolute Gasteiger partial charge is 0.241 e. The first-order valence-corrected chi connectivity index (χ1v) is 9.06. The van der Waals surface area contributed by atoms with Crippen molar-refractivity contribution in [2.45, 2.75) is 17.7 Å². The zero-order valence-electron chi connectivity index (χ0n) is 11.3. The highest BCUT2D eigenvalue weighted by Gasteiger charge is 2.25. The fraction of sp³-hybridized carbons (Fsp3) is 0.462. The van der Waals surface area contributed by atoms with Gasteiger partial charge in [0.15, 0.2) is 0 Å². The third-order valence-electron chi connectivity index (χ3n) is 3.80. The number of amides is 1. The third kappa shape index (κ3) is 3.13. The van der Waals surface area contributed by atoms with Crippen LogP contribution in [0.3, 0.4) is 0 Å². The summed E-state index contributed by atoms with van der Waals surface area (Å²) >= 11 is 3.28. The molecule has 114 valence electrons. The molecule has 0 saturated carbocycles. The molecule has 3 rings (SSSR count). The predicted molar refractivity (Wildman–Crippen MR) is 82.6 cm³/mol. The van der Waals surface area contributed by atoms with Crippen LogP contribution in [-0.2, 0) is 21.2 Å². The molecular weight excluding hydrogens is 358 g/mol. The molecular formula is C13H16BrN3O3S. The summed E-state index contributed by atoms with van der Waals surface area (Å²) < 4.78 is 28.0. The standard InChI is InChI=1S/C13H16BrN3O3S/c14-10-5-11-9(4-13(18)17-11)3-12(10)21(19,20)16-7-8-1-2-15-6-8/h3,5,8,15-16H,1-2,4,6-7H2,(H,17,18). The van der Waals surface area contributed by atoms with Crippen molar-refractivity contribution in [2.75, 3.05) is 25.0 Å². The first kappa shape index (κ1) is 15.0. The quantitative estimate of drug-likeness (QED) is 0.729. The highest BCUT2D eigenvalue weighted by molar-refractivity contribution is 9.10. The third-order valence-corrected chi connectivity index (χ3v) is 6.18. The molecule has 0 radical (unpaired) electrons. The van der Waals surface area contributed by atoms with Gasteiger partial charge in [-0.15, -0.1) is 0 Å². The van der Waals surface area contributed by atoms with Crippen LogP contribution in [0, 0.1) is 5.92 Å². The SMILES string of the molecule is O=C1Cc2cc(S(=O)(=O)NCC3CCNC3)c(Br)cc2N1. The van der Waals surface area contributed by atoms with Gasteiger partial charge in [-0.2, -0.15) is 0 Å². The van der Waals surface area contributed by atoms with Crippen molar-refractivity contribution in [1.29, 1.82) is 0 Å². The molecule has 0 aliphatic carbocycles. The van der Waals surface area contributed by atoms with E-state index in [9.17, 15) is 13.2 Å². The highest BCUT2D eigenvalue weighted by atomic mass is 79.9. The average molecular weight is 374 g/mol. The first-order chi connectivity index (χ1) is 9.95. The first-order valence-electron chi connectivity index (χ1n) is 6.78. The predicted octanol–water partition coefficient (Wildman–Crippen LogP) is 0.831. The van der Waals surface area contributed by atoms with Crippen molar-refractivity contribution in [3.05, 3.63) is 22.2 Å². The normalized spacial score (nSPS) is 21.4. The van der Waals surface area contributed by atoms with E-state index in [-0.39, 0.29) is 17.2 Å². The van der Waals surface area contributed by atoms with Gasteiger partial charge in [-0.25, -0.2) is 13.1 Å². The van der Waals surface area contributed by atoms with Gasteiger partial charge in [0, 0.05) is 16.7 Å². The summed E-state index contributed by atoms with van der Waals surface area (Å²) in [5, 5.41) is 5.91. The number of hydrogen-bond acceptors (Lipinski definition) is 4. The molecule has 1 saturated heterocycles. The summed E-state index contributed by atoms with van der Waals surface area (Å²) in [7, 11) is -3.58. The lowest BCUT2D eigenvalue weighted by atomic mass is 10.1. The second kappa shape index (κ2) is 5.68. The molecule has 1 amide bonds. The van der Waals surface area contributed by atoms with Gasteiger partial charge in [0.2, 0.25) is 15.9 Å². The minimum absolute atomic E-state index is 0.114. The molecule has 0 aromatic heterocycles. The van der Waals surface area contributed by atoms with Gasteiger partial charge in [0.1, 0.15) is 0 Å². The lowest BCUT2D eigenvalue weighted by molar-refractivity contribution is -0.115. The molecule has 1 atom stereocenters. The number of carbonyl (C=O) groups is 1.